The Morgan fingerprint density at radius 3 is 2.48 bits per heavy atom. The Morgan fingerprint density at radius 2 is 1.70 bits per heavy atom. The Kier molecular flexibility index (Phi) is 4.60. The van der Waals surface area contributed by atoms with Gasteiger partial charge in [-0.05, 0) is 30.3 Å². The topological polar surface area (TPSA) is 42.2 Å². The van der Waals surface area contributed by atoms with Crippen LogP contribution < -0.4 is 5.32 Å². The molecule has 0 spiro atoms. The van der Waals surface area contributed by atoms with Crippen molar-refractivity contribution in [1.29, 1.82) is 0 Å². The molecule has 0 saturated carbocycles. The predicted octanol–water partition coefficient (Wildman–Crippen LogP) is 5.25. The number of benzene rings is 2. The van der Waals surface area contributed by atoms with Crippen molar-refractivity contribution in [3.05, 3.63) is 83.6 Å². The van der Waals surface area contributed by atoms with Crippen LogP contribution in [0.5, 0.6) is 0 Å². The molecule has 4 heteroatoms. The molecule has 1 amide bonds. The van der Waals surface area contributed by atoms with Gasteiger partial charge in [-0.25, -0.2) is 0 Å². The number of amides is 1. The molecule has 1 heterocycles. The van der Waals surface area contributed by atoms with Gasteiger partial charge in [0, 0.05) is 11.6 Å². The van der Waals surface area contributed by atoms with Gasteiger partial charge in [-0.3, -0.25) is 4.79 Å². The summed E-state index contributed by atoms with van der Waals surface area (Å²) in [6, 6.07) is 20.6. The van der Waals surface area contributed by atoms with Crippen molar-refractivity contribution in [3.8, 4) is 11.3 Å². The number of furan rings is 1. The van der Waals surface area contributed by atoms with E-state index in [0.717, 1.165) is 11.3 Å². The number of rotatable bonds is 4. The minimum Gasteiger partial charge on any atom is -0.457 e. The number of hydrogen-bond acceptors (Lipinski definition) is 2. The highest BCUT2D eigenvalue weighted by molar-refractivity contribution is 6.33. The van der Waals surface area contributed by atoms with Gasteiger partial charge in [-0.1, -0.05) is 54.1 Å². The van der Waals surface area contributed by atoms with E-state index < -0.39 is 0 Å². The van der Waals surface area contributed by atoms with Crippen molar-refractivity contribution in [2.75, 3.05) is 5.32 Å². The lowest BCUT2D eigenvalue weighted by Crippen LogP contribution is -2.07. The fraction of sp³-hybridized carbons (Fsp3) is 0. The third kappa shape index (κ3) is 3.90. The first kappa shape index (κ1) is 15.1. The number of carbonyl (C=O) groups excluding carboxylic acids is 1. The average Bonchev–Trinajstić information content (AvgIpc) is 3.05. The molecule has 0 aliphatic heterocycles. The summed E-state index contributed by atoms with van der Waals surface area (Å²) < 4.78 is 5.70. The van der Waals surface area contributed by atoms with Crippen LogP contribution in [0.3, 0.4) is 0 Å². The zero-order valence-corrected chi connectivity index (χ0v) is 13.0. The lowest BCUT2D eigenvalue weighted by atomic mass is 10.2. The van der Waals surface area contributed by atoms with E-state index in [1.807, 2.05) is 54.6 Å². The molecule has 0 unspecified atom stereocenters. The molecule has 0 aliphatic carbocycles. The third-order valence-electron chi connectivity index (χ3n) is 3.22. The van der Waals surface area contributed by atoms with Crippen molar-refractivity contribution in [2.45, 2.75) is 0 Å². The van der Waals surface area contributed by atoms with Gasteiger partial charge in [-0.2, -0.15) is 0 Å². The first-order valence-electron chi connectivity index (χ1n) is 7.11. The van der Waals surface area contributed by atoms with E-state index in [1.54, 1.807) is 18.2 Å². The zero-order valence-electron chi connectivity index (χ0n) is 12.2. The molecule has 0 atom stereocenters. The number of para-hydroxylation sites is 1. The van der Waals surface area contributed by atoms with Gasteiger partial charge in [0.15, 0.2) is 0 Å². The Hall–Kier alpha value is -2.78. The second-order valence-corrected chi connectivity index (χ2v) is 5.28. The Bertz CT molecular complexity index is 837. The minimum absolute atomic E-state index is 0.268. The molecule has 0 saturated heterocycles. The van der Waals surface area contributed by atoms with E-state index in [2.05, 4.69) is 5.32 Å². The van der Waals surface area contributed by atoms with Crippen molar-refractivity contribution < 1.29 is 9.21 Å². The summed E-state index contributed by atoms with van der Waals surface area (Å²) in [6.45, 7) is 0. The lowest BCUT2D eigenvalue weighted by Gasteiger charge is -2.03. The SMILES string of the molecule is O=C(C=Cc1ccc(-c2ccccc2)o1)Nc1ccccc1Cl. The van der Waals surface area contributed by atoms with Crippen LogP contribution in [0.15, 0.2) is 77.2 Å². The van der Waals surface area contributed by atoms with Gasteiger partial charge in [0.05, 0.1) is 10.7 Å². The summed E-state index contributed by atoms with van der Waals surface area (Å²) in [4.78, 5) is 11.9. The van der Waals surface area contributed by atoms with E-state index in [1.165, 1.54) is 6.08 Å². The molecule has 1 aromatic heterocycles. The maximum atomic E-state index is 11.9. The molecule has 0 radical (unpaired) electrons. The van der Waals surface area contributed by atoms with E-state index in [4.69, 9.17) is 16.0 Å². The monoisotopic (exact) mass is 323 g/mol. The quantitative estimate of drug-likeness (QED) is 0.666. The van der Waals surface area contributed by atoms with Crippen LogP contribution in [0.1, 0.15) is 5.76 Å². The number of nitrogens with one attached hydrogen (secondary N) is 1. The maximum Gasteiger partial charge on any atom is 0.248 e. The minimum atomic E-state index is -0.268. The number of carbonyl (C=O) groups is 1. The molecule has 3 aromatic rings. The van der Waals surface area contributed by atoms with Gasteiger partial charge < -0.3 is 9.73 Å². The van der Waals surface area contributed by atoms with Gasteiger partial charge in [0.2, 0.25) is 5.91 Å². The van der Waals surface area contributed by atoms with Gasteiger partial charge in [0.1, 0.15) is 11.5 Å². The summed E-state index contributed by atoms with van der Waals surface area (Å²) in [7, 11) is 0. The summed E-state index contributed by atoms with van der Waals surface area (Å²) in [5.74, 6) is 1.10. The smallest absolute Gasteiger partial charge is 0.248 e. The number of hydrogen-bond donors (Lipinski definition) is 1. The van der Waals surface area contributed by atoms with Gasteiger partial charge >= 0.3 is 0 Å². The summed E-state index contributed by atoms with van der Waals surface area (Å²) >= 11 is 6.00. The molecule has 0 bridgehead atoms. The molecule has 23 heavy (non-hydrogen) atoms. The largest absolute Gasteiger partial charge is 0.457 e. The lowest BCUT2D eigenvalue weighted by molar-refractivity contribution is -0.111. The van der Waals surface area contributed by atoms with Gasteiger partial charge in [-0.15, -0.1) is 0 Å². The second-order valence-electron chi connectivity index (χ2n) is 4.87. The van der Waals surface area contributed by atoms with E-state index in [0.29, 0.717) is 16.5 Å². The van der Waals surface area contributed by atoms with Crippen LogP contribution in [0.2, 0.25) is 5.02 Å². The summed E-state index contributed by atoms with van der Waals surface area (Å²) in [6.07, 6.45) is 3.04. The molecular formula is C19H14ClNO2. The third-order valence-corrected chi connectivity index (χ3v) is 3.55. The van der Waals surface area contributed by atoms with Crippen LogP contribution in [0.4, 0.5) is 5.69 Å². The Morgan fingerprint density at radius 1 is 0.957 bits per heavy atom. The zero-order chi connectivity index (χ0) is 16.1. The highest BCUT2D eigenvalue weighted by Crippen LogP contribution is 2.23. The van der Waals surface area contributed by atoms with Crippen molar-refractivity contribution in [1.82, 2.24) is 0 Å². The maximum absolute atomic E-state index is 11.9. The highest BCUT2D eigenvalue weighted by Gasteiger charge is 2.04. The molecule has 2 aromatic carbocycles. The van der Waals surface area contributed by atoms with E-state index in [9.17, 15) is 4.79 Å². The Labute approximate surface area is 139 Å². The standard InChI is InChI=1S/C19H14ClNO2/c20-16-8-4-5-9-17(16)21-19(22)13-11-15-10-12-18(23-15)14-6-2-1-3-7-14/h1-13H,(H,21,22). The fourth-order valence-corrected chi connectivity index (χ4v) is 2.28. The molecule has 3 rings (SSSR count). The van der Waals surface area contributed by atoms with Crippen LogP contribution in [0.25, 0.3) is 17.4 Å². The first-order chi connectivity index (χ1) is 11.2. The molecular weight excluding hydrogens is 310 g/mol. The highest BCUT2D eigenvalue weighted by atomic mass is 35.5. The average molecular weight is 324 g/mol. The van der Waals surface area contributed by atoms with E-state index in [-0.39, 0.29) is 5.91 Å². The molecule has 3 nitrogen and oxygen atoms in total. The fourth-order valence-electron chi connectivity index (χ4n) is 2.09. The summed E-state index contributed by atoms with van der Waals surface area (Å²) in [5, 5.41) is 3.22. The number of anilines is 1. The number of halogens is 1. The van der Waals surface area contributed by atoms with E-state index >= 15 is 0 Å². The first-order valence-corrected chi connectivity index (χ1v) is 7.49. The van der Waals surface area contributed by atoms with Crippen LogP contribution in [-0.4, -0.2) is 5.91 Å². The molecule has 1 N–H and O–H groups in total. The molecule has 114 valence electrons. The van der Waals surface area contributed by atoms with Crippen LogP contribution in [-0.2, 0) is 4.79 Å². The predicted molar refractivity (Wildman–Crippen MR) is 93.3 cm³/mol. The molecule has 0 aliphatic rings. The normalized spacial score (nSPS) is 10.8. The van der Waals surface area contributed by atoms with Crippen molar-refractivity contribution in [2.24, 2.45) is 0 Å². The Balaban J connectivity index is 1.68. The van der Waals surface area contributed by atoms with Crippen molar-refractivity contribution >= 4 is 29.3 Å². The molecule has 0 fully saturated rings. The van der Waals surface area contributed by atoms with Crippen molar-refractivity contribution in [3.63, 3.8) is 0 Å². The van der Waals surface area contributed by atoms with Crippen LogP contribution >= 0.6 is 11.6 Å². The summed E-state index contributed by atoms with van der Waals surface area (Å²) in [5.41, 5.74) is 1.57. The van der Waals surface area contributed by atoms with Gasteiger partial charge in [0.25, 0.3) is 0 Å². The second kappa shape index (κ2) is 6.99. The van der Waals surface area contributed by atoms with Crippen LogP contribution in [0, 0.1) is 0 Å².